The third-order valence-electron chi connectivity index (χ3n) is 4.96. The summed E-state index contributed by atoms with van der Waals surface area (Å²) in [6.07, 6.45) is 4.20. The van der Waals surface area contributed by atoms with Gasteiger partial charge in [0, 0.05) is 30.7 Å². The van der Waals surface area contributed by atoms with Crippen LogP contribution in [0.25, 0.3) is 10.9 Å². The van der Waals surface area contributed by atoms with Gasteiger partial charge >= 0.3 is 0 Å². The van der Waals surface area contributed by atoms with Gasteiger partial charge in [0.05, 0.1) is 10.7 Å². The standard InChI is InChI=1S/C20H22ClN3/c1-24-12-9-16-15(3-2-4-19(16)24)13-23-20-17-8-11-22-10-7-14(17)5-6-18(20)21/h2-6,9,12,22-23H,7-8,10-11,13H2,1H3. The van der Waals surface area contributed by atoms with Crippen molar-refractivity contribution in [2.45, 2.75) is 19.4 Å². The average Bonchev–Trinajstić information content (AvgIpc) is 2.82. The lowest BCUT2D eigenvalue weighted by Gasteiger charge is -2.16. The third kappa shape index (κ3) is 2.79. The van der Waals surface area contributed by atoms with Gasteiger partial charge in [0.2, 0.25) is 0 Å². The zero-order valence-corrected chi connectivity index (χ0v) is 14.7. The summed E-state index contributed by atoms with van der Waals surface area (Å²) < 4.78 is 2.16. The van der Waals surface area contributed by atoms with Crippen molar-refractivity contribution in [2.75, 3.05) is 18.4 Å². The number of halogens is 1. The molecule has 1 aliphatic heterocycles. The van der Waals surface area contributed by atoms with Crippen LogP contribution in [0.3, 0.4) is 0 Å². The molecular weight excluding hydrogens is 318 g/mol. The molecule has 0 saturated heterocycles. The van der Waals surface area contributed by atoms with E-state index in [9.17, 15) is 0 Å². The molecule has 24 heavy (non-hydrogen) atoms. The topological polar surface area (TPSA) is 29.0 Å². The number of rotatable bonds is 3. The lowest BCUT2D eigenvalue weighted by molar-refractivity contribution is 0.711. The van der Waals surface area contributed by atoms with Gasteiger partial charge in [0.1, 0.15) is 0 Å². The van der Waals surface area contributed by atoms with Crippen molar-refractivity contribution in [2.24, 2.45) is 7.05 Å². The molecule has 0 bridgehead atoms. The maximum absolute atomic E-state index is 6.52. The van der Waals surface area contributed by atoms with E-state index in [0.717, 1.165) is 43.2 Å². The number of fused-ring (bicyclic) bond motifs is 2. The van der Waals surface area contributed by atoms with Crippen molar-refractivity contribution in [1.82, 2.24) is 9.88 Å². The molecule has 3 aromatic rings. The summed E-state index contributed by atoms with van der Waals surface area (Å²) in [5, 5.41) is 9.20. The quantitative estimate of drug-likeness (QED) is 0.751. The summed E-state index contributed by atoms with van der Waals surface area (Å²) in [5.74, 6) is 0. The van der Waals surface area contributed by atoms with Crippen molar-refractivity contribution in [3.63, 3.8) is 0 Å². The Labute approximate surface area is 147 Å². The molecule has 2 aromatic carbocycles. The Morgan fingerprint density at radius 3 is 2.92 bits per heavy atom. The molecule has 0 atom stereocenters. The van der Waals surface area contributed by atoms with E-state index in [1.165, 1.54) is 27.6 Å². The lowest BCUT2D eigenvalue weighted by atomic mass is 10.0. The van der Waals surface area contributed by atoms with E-state index in [2.05, 4.69) is 58.8 Å². The fraction of sp³-hybridized carbons (Fsp3) is 0.300. The van der Waals surface area contributed by atoms with Gasteiger partial charge in [0.25, 0.3) is 0 Å². The van der Waals surface area contributed by atoms with E-state index in [1.54, 1.807) is 0 Å². The Morgan fingerprint density at radius 2 is 2.00 bits per heavy atom. The molecule has 124 valence electrons. The minimum atomic E-state index is 0.783. The SMILES string of the molecule is Cn1ccc2c(CNc3c(Cl)ccc4c3CCNCC4)cccc21. The predicted octanol–water partition coefficient (Wildman–Crippen LogP) is 4.13. The van der Waals surface area contributed by atoms with Crippen LogP contribution in [0.15, 0.2) is 42.6 Å². The van der Waals surface area contributed by atoms with Crippen LogP contribution in [-0.2, 0) is 26.4 Å². The van der Waals surface area contributed by atoms with Crippen molar-refractivity contribution in [1.29, 1.82) is 0 Å². The molecule has 0 amide bonds. The van der Waals surface area contributed by atoms with Crippen LogP contribution in [0.5, 0.6) is 0 Å². The third-order valence-corrected chi connectivity index (χ3v) is 5.27. The van der Waals surface area contributed by atoms with Crippen LogP contribution in [0.2, 0.25) is 5.02 Å². The van der Waals surface area contributed by atoms with E-state index in [1.807, 2.05) is 6.07 Å². The van der Waals surface area contributed by atoms with Gasteiger partial charge < -0.3 is 15.2 Å². The second kappa shape index (κ2) is 6.50. The highest BCUT2D eigenvalue weighted by Crippen LogP contribution is 2.31. The van der Waals surface area contributed by atoms with Gasteiger partial charge in [-0.3, -0.25) is 0 Å². The highest BCUT2D eigenvalue weighted by molar-refractivity contribution is 6.33. The number of benzene rings is 2. The Hall–Kier alpha value is -1.97. The summed E-state index contributed by atoms with van der Waals surface area (Å²) in [6.45, 7) is 2.83. The first kappa shape index (κ1) is 15.6. The van der Waals surface area contributed by atoms with E-state index in [-0.39, 0.29) is 0 Å². The number of hydrogen-bond acceptors (Lipinski definition) is 2. The molecular formula is C20H22ClN3. The van der Waals surface area contributed by atoms with Crippen LogP contribution >= 0.6 is 11.6 Å². The van der Waals surface area contributed by atoms with Gasteiger partial charge in [-0.2, -0.15) is 0 Å². The number of aryl methyl sites for hydroxylation is 1. The maximum Gasteiger partial charge on any atom is 0.0640 e. The summed E-state index contributed by atoms with van der Waals surface area (Å²) in [4.78, 5) is 0. The molecule has 4 heteroatoms. The first-order chi connectivity index (χ1) is 11.7. The fourth-order valence-electron chi connectivity index (χ4n) is 3.64. The van der Waals surface area contributed by atoms with E-state index in [4.69, 9.17) is 11.6 Å². The molecule has 3 nitrogen and oxygen atoms in total. The molecule has 1 aromatic heterocycles. The number of aromatic nitrogens is 1. The Kier molecular flexibility index (Phi) is 4.21. The normalized spacial score (nSPS) is 14.4. The molecule has 0 aliphatic carbocycles. The van der Waals surface area contributed by atoms with Gasteiger partial charge in [0.15, 0.2) is 0 Å². The largest absolute Gasteiger partial charge is 0.380 e. The molecule has 1 aliphatic rings. The Morgan fingerprint density at radius 1 is 1.12 bits per heavy atom. The van der Waals surface area contributed by atoms with Crippen molar-refractivity contribution in [3.8, 4) is 0 Å². The van der Waals surface area contributed by atoms with E-state index >= 15 is 0 Å². The highest BCUT2D eigenvalue weighted by Gasteiger charge is 2.15. The monoisotopic (exact) mass is 339 g/mol. The minimum Gasteiger partial charge on any atom is -0.380 e. The fourth-order valence-corrected chi connectivity index (χ4v) is 3.88. The van der Waals surface area contributed by atoms with Gasteiger partial charge in [-0.25, -0.2) is 0 Å². The van der Waals surface area contributed by atoms with Crippen molar-refractivity contribution < 1.29 is 0 Å². The maximum atomic E-state index is 6.52. The van der Waals surface area contributed by atoms with Crippen molar-refractivity contribution in [3.05, 3.63) is 64.3 Å². The van der Waals surface area contributed by atoms with Crippen LogP contribution < -0.4 is 10.6 Å². The predicted molar refractivity (Wildman–Crippen MR) is 102 cm³/mol. The zero-order valence-electron chi connectivity index (χ0n) is 13.9. The molecule has 0 radical (unpaired) electrons. The second-order valence-electron chi connectivity index (χ2n) is 6.44. The van der Waals surface area contributed by atoms with E-state index in [0.29, 0.717) is 0 Å². The number of anilines is 1. The molecule has 0 spiro atoms. The summed E-state index contributed by atoms with van der Waals surface area (Å²) in [6, 6.07) is 12.9. The van der Waals surface area contributed by atoms with Crippen LogP contribution in [-0.4, -0.2) is 17.7 Å². The summed E-state index contributed by atoms with van der Waals surface area (Å²) in [7, 11) is 2.08. The lowest BCUT2D eigenvalue weighted by Crippen LogP contribution is -2.16. The molecule has 0 unspecified atom stereocenters. The molecule has 4 rings (SSSR count). The van der Waals surface area contributed by atoms with Gasteiger partial charge in [-0.15, -0.1) is 0 Å². The minimum absolute atomic E-state index is 0.783. The molecule has 0 saturated carbocycles. The highest BCUT2D eigenvalue weighted by atomic mass is 35.5. The smallest absolute Gasteiger partial charge is 0.0640 e. The molecule has 0 fully saturated rings. The van der Waals surface area contributed by atoms with Crippen molar-refractivity contribution >= 4 is 28.2 Å². The van der Waals surface area contributed by atoms with Crippen LogP contribution in [0.4, 0.5) is 5.69 Å². The van der Waals surface area contributed by atoms with Crippen LogP contribution in [0.1, 0.15) is 16.7 Å². The first-order valence-electron chi connectivity index (χ1n) is 8.52. The second-order valence-corrected chi connectivity index (χ2v) is 6.85. The number of hydrogen-bond donors (Lipinski definition) is 2. The molecule has 2 heterocycles. The molecule has 2 N–H and O–H groups in total. The number of nitrogens with one attached hydrogen (secondary N) is 2. The number of nitrogens with zero attached hydrogens (tertiary/aromatic N) is 1. The van der Waals surface area contributed by atoms with E-state index < -0.39 is 0 Å². The van der Waals surface area contributed by atoms with Crippen LogP contribution in [0, 0.1) is 0 Å². The summed E-state index contributed by atoms with van der Waals surface area (Å²) >= 11 is 6.52. The zero-order chi connectivity index (χ0) is 16.5. The van der Waals surface area contributed by atoms with Gasteiger partial charge in [-0.1, -0.05) is 29.8 Å². The summed E-state index contributed by atoms with van der Waals surface area (Å²) in [5.41, 5.74) is 6.44. The van der Waals surface area contributed by atoms with Gasteiger partial charge in [-0.05, 0) is 60.8 Å². The average molecular weight is 340 g/mol. The Bertz CT molecular complexity index is 882. The first-order valence-corrected chi connectivity index (χ1v) is 8.89. The Balaban J connectivity index is 1.66.